The van der Waals surface area contributed by atoms with E-state index in [9.17, 15) is 18.0 Å². The second-order valence-electron chi connectivity index (χ2n) is 7.16. The van der Waals surface area contributed by atoms with Gasteiger partial charge in [-0.2, -0.15) is 4.31 Å². The Morgan fingerprint density at radius 3 is 2.57 bits per heavy atom. The monoisotopic (exact) mass is 406 g/mol. The van der Waals surface area contributed by atoms with E-state index in [1.54, 1.807) is 29.3 Å². The van der Waals surface area contributed by atoms with Gasteiger partial charge in [-0.3, -0.25) is 14.6 Å². The van der Waals surface area contributed by atoms with Gasteiger partial charge in [0, 0.05) is 38.4 Å². The third-order valence-electron chi connectivity index (χ3n) is 5.31. The minimum Gasteiger partial charge on any atom is -0.349 e. The van der Waals surface area contributed by atoms with Crippen molar-refractivity contribution < 1.29 is 18.0 Å². The Hall–Kier alpha value is -2.26. The van der Waals surface area contributed by atoms with Crippen LogP contribution >= 0.6 is 0 Å². The number of hydrogen-bond donors (Lipinski definition) is 1. The first-order chi connectivity index (χ1) is 13.4. The fraction of sp³-hybridized carbons (Fsp3) is 0.526. The summed E-state index contributed by atoms with van der Waals surface area (Å²) in [7, 11) is -3.47. The molecule has 0 bridgehead atoms. The van der Waals surface area contributed by atoms with Crippen LogP contribution in [0, 0.1) is 0 Å². The molecule has 0 aromatic carbocycles. The first-order valence-corrected chi connectivity index (χ1v) is 11.0. The molecule has 152 valence electrons. The van der Waals surface area contributed by atoms with Crippen LogP contribution in [0.15, 0.2) is 37.1 Å². The van der Waals surface area contributed by atoms with Crippen molar-refractivity contribution in [1.82, 2.24) is 19.5 Å². The number of piperidine rings is 2. The van der Waals surface area contributed by atoms with Gasteiger partial charge in [0.15, 0.2) is 0 Å². The van der Waals surface area contributed by atoms with Gasteiger partial charge in [-0.15, -0.1) is 0 Å². The molecule has 2 aliphatic heterocycles. The molecular formula is C19H26N4O4S. The van der Waals surface area contributed by atoms with Gasteiger partial charge in [0.2, 0.25) is 15.9 Å². The molecule has 1 aromatic rings. The number of carbonyl (C=O) groups excluding carboxylic acids is 2. The normalized spacial score (nSPS) is 21.9. The summed E-state index contributed by atoms with van der Waals surface area (Å²) in [6.45, 7) is 4.97. The predicted octanol–water partition coefficient (Wildman–Crippen LogP) is 0.783. The van der Waals surface area contributed by atoms with Crippen molar-refractivity contribution in [1.29, 1.82) is 0 Å². The largest absolute Gasteiger partial charge is 0.349 e. The zero-order valence-corrected chi connectivity index (χ0v) is 16.6. The Bertz CT molecular complexity index is 820. The first-order valence-electron chi connectivity index (χ1n) is 9.54. The summed E-state index contributed by atoms with van der Waals surface area (Å²) in [5, 5.41) is 2.29. The van der Waals surface area contributed by atoms with Crippen LogP contribution in [0.4, 0.5) is 0 Å². The number of aromatic nitrogens is 1. The molecule has 9 heteroatoms. The zero-order chi connectivity index (χ0) is 20.1. The number of hydrogen-bond acceptors (Lipinski definition) is 5. The summed E-state index contributed by atoms with van der Waals surface area (Å²) in [6.07, 6.45) is 5.03. The molecule has 0 radical (unpaired) electrons. The van der Waals surface area contributed by atoms with Crippen LogP contribution in [0.2, 0.25) is 0 Å². The van der Waals surface area contributed by atoms with Crippen molar-refractivity contribution >= 4 is 21.8 Å². The van der Waals surface area contributed by atoms with Crippen molar-refractivity contribution in [2.45, 2.75) is 37.0 Å². The standard InChI is InChI=1S/C19H26N4O4S/c1-2-18(24)21-15-6-5-11-23(14-15)28(26,27)16-8-12-22(13-9-16)19(25)17-7-3-4-10-20-17/h2-4,7,10,15-16H,1,5-6,8-9,11-14H2,(H,21,24)/t15-/m0/s1. The maximum atomic E-state index is 13.1. The van der Waals surface area contributed by atoms with Crippen molar-refractivity contribution in [2.75, 3.05) is 26.2 Å². The van der Waals surface area contributed by atoms with Gasteiger partial charge in [0.1, 0.15) is 5.69 Å². The van der Waals surface area contributed by atoms with E-state index in [4.69, 9.17) is 0 Å². The molecule has 0 saturated carbocycles. The third kappa shape index (κ3) is 4.59. The molecule has 1 aromatic heterocycles. The number of nitrogens with one attached hydrogen (secondary N) is 1. The molecule has 1 atom stereocenters. The lowest BCUT2D eigenvalue weighted by atomic mass is 10.1. The molecule has 0 unspecified atom stereocenters. The Morgan fingerprint density at radius 1 is 1.18 bits per heavy atom. The Morgan fingerprint density at radius 2 is 1.93 bits per heavy atom. The fourth-order valence-corrected chi connectivity index (χ4v) is 5.77. The van der Waals surface area contributed by atoms with Crippen molar-refractivity contribution in [3.63, 3.8) is 0 Å². The van der Waals surface area contributed by atoms with E-state index in [-0.39, 0.29) is 24.4 Å². The fourth-order valence-electron chi connectivity index (χ4n) is 3.77. The number of carbonyl (C=O) groups is 2. The van der Waals surface area contributed by atoms with Crippen LogP contribution in [-0.2, 0) is 14.8 Å². The summed E-state index contributed by atoms with van der Waals surface area (Å²) >= 11 is 0. The Balaban J connectivity index is 1.59. The van der Waals surface area contributed by atoms with Gasteiger partial charge >= 0.3 is 0 Å². The molecule has 0 aliphatic carbocycles. The number of likely N-dealkylation sites (tertiary alicyclic amines) is 1. The van der Waals surface area contributed by atoms with Crippen molar-refractivity contribution in [2.24, 2.45) is 0 Å². The van der Waals surface area contributed by atoms with Crippen LogP contribution in [0.1, 0.15) is 36.2 Å². The third-order valence-corrected chi connectivity index (χ3v) is 7.68. The maximum absolute atomic E-state index is 13.1. The minimum absolute atomic E-state index is 0.165. The van der Waals surface area contributed by atoms with Crippen LogP contribution < -0.4 is 5.32 Å². The number of nitrogens with zero attached hydrogens (tertiary/aromatic N) is 3. The molecule has 28 heavy (non-hydrogen) atoms. The average molecular weight is 407 g/mol. The summed E-state index contributed by atoms with van der Waals surface area (Å²) in [5.74, 6) is -0.452. The Labute approximate surface area is 165 Å². The molecular weight excluding hydrogens is 380 g/mol. The van der Waals surface area contributed by atoms with E-state index < -0.39 is 15.3 Å². The van der Waals surface area contributed by atoms with Gasteiger partial charge in [0.25, 0.3) is 5.91 Å². The summed E-state index contributed by atoms with van der Waals surface area (Å²) < 4.78 is 27.6. The Kier molecular flexibility index (Phi) is 6.46. The highest BCUT2D eigenvalue weighted by atomic mass is 32.2. The second-order valence-corrected chi connectivity index (χ2v) is 9.37. The first kappa shape index (κ1) is 20.5. The van der Waals surface area contributed by atoms with Gasteiger partial charge in [-0.25, -0.2) is 8.42 Å². The number of amides is 2. The van der Waals surface area contributed by atoms with Crippen LogP contribution in [0.5, 0.6) is 0 Å². The molecule has 0 spiro atoms. The second kappa shape index (κ2) is 8.83. The van der Waals surface area contributed by atoms with Crippen molar-refractivity contribution in [3.8, 4) is 0 Å². The van der Waals surface area contributed by atoms with Gasteiger partial charge in [-0.05, 0) is 43.9 Å². The highest BCUT2D eigenvalue weighted by Gasteiger charge is 2.38. The van der Waals surface area contributed by atoms with Crippen LogP contribution in [-0.4, -0.2) is 71.9 Å². The predicted molar refractivity (Wildman–Crippen MR) is 105 cm³/mol. The van der Waals surface area contributed by atoms with Crippen LogP contribution in [0.3, 0.4) is 0 Å². The lowest BCUT2D eigenvalue weighted by Crippen LogP contribution is -2.53. The van der Waals surface area contributed by atoms with Gasteiger partial charge < -0.3 is 10.2 Å². The summed E-state index contributed by atoms with van der Waals surface area (Å²) in [4.78, 5) is 29.7. The minimum atomic E-state index is -3.47. The van der Waals surface area contributed by atoms with E-state index >= 15 is 0 Å². The van der Waals surface area contributed by atoms with E-state index in [0.717, 1.165) is 6.42 Å². The van der Waals surface area contributed by atoms with E-state index in [1.165, 1.54) is 10.4 Å². The summed E-state index contributed by atoms with van der Waals surface area (Å²) in [6, 6.07) is 4.98. The van der Waals surface area contributed by atoms with Gasteiger partial charge in [0.05, 0.1) is 5.25 Å². The van der Waals surface area contributed by atoms with Gasteiger partial charge in [-0.1, -0.05) is 12.6 Å². The highest BCUT2D eigenvalue weighted by Crippen LogP contribution is 2.25. The molecule has 3 rings (SSSR count). The molecule has 2 amide bonds. The summed E-state index contributed by atoms with van der Waals surface area (Å²) in [5.41, 5.74) is 0.376. The van der Waals surface area contributed by atoms with E-state index in [2.05, 4.69) is 16.9 Å². The topological polar surface area (TPSA) is 99.7 Å². The van der Waals surface area contributed by atoms with Crippen LogP contribution in [0.25, 0.3) is 0 Å². The smallest absolute Gasteiger partial charge is 0.272 e. The molecule has 8 nitrogen and oxygen atoms in total. The lowest BCUT2D eigenvalue weighted by Gasteiger charge is -2.37. The number of sulfonamides is 1. The maximum Gasteiger partial charge on any atom is 0.272 e. The number of rotatable bonds is 5. The molecule has 2 fully saturated rings. The lowest BCUT2D eigenvalue weighted by molar-refractivity contribution is -0.117. The van der Waals surface area contributed by atoms with E-state index in [0.29, 0.717) is 44.6 Å². The average Bonchev–Trinajstić information content (AvgIpc) is 2.74. The highest BCUT2D eigenvalue weighted by molar-refractivity contribution is 7.89. The molecule has 2 saturated heterocycles. The zero-order valence-electron chi connectivity index (χ0n) is 15.8. The molecule has 1 N–H and O–H groups in total. The quantitative estimate of drug-likeness (QED) is 0.729. The molecule has 3 heterocycles. The van der Waals surface area contributed by atoms with E-state index in [1.807, 2.05) is 0 Å². The molecule has 2 aliphatic rings. The van der Waals surface area contributed by atoms with Crippen molar-refractivity contribution in [3.05, 3.63) is 42.7 Å². The SMILES string of the molecule is C=CC(=O)N[C@H]1CCCN(S(=O)(=O)C2CCN(C(=O)c3ccccn3)CC2)C1. The number of pyridine rings is 1.